The summed E-state index contributed by atoms with van der Waals surface area (Å²) in [6.45, 7) is 3.53. The molecule has 0 radical (unpaired) electrons. The van der Waals surface area contributed by atoms with E-state index in [-0.39, 0.29) is 6.61 Å². The molecule has 0 fully saturated rings. The van der Waals surface area contributed by atoms with Gasteiger partial charge in [-0.25, -0.2) is 4.79 Å². The van der Waals surface area contributed by atoms with Crippen molar-refractivity contribution in [1.29, 1.82) is 0 Å². The maximum absolute atomic E-state index is 12.2. The average molecular weight is 272 g/mol. The molecule has 2 rings (SSSR count). The minimum absolute atomic E-state index is 0.0343. The monoisotopic (exact) mass is 272 g/mol. The highest BCUT2D eigenvalue weighted by Crippen LogP contribution is 2.19. The number of carbonyl (C=O) groups excluding carboxylic acids is 1. The van der Waals surface area contributed by atoms with Gasteiger partial charge in [0.1, 0.15) is 6.61 Å². The number of hydrogen-bond donors (Lipinski definition) is 1. The van der Waals surface area contributed by atoms with E-state index in [2.05, 4.69) is 10.1 Å². The maximum Gasteiger partial charge on any atom is 0.339 e. The molecule has 0 atom stereocenters. The highest BCUT2D eigenvalue weighted by molar-refractivity contribution is 6.04. The molecule has 5 nitrogen and oxygen atoms in total. The predicted molar refractivity (Wildman–Crippen MR) is 76.3 cm³/mol. The first kappa shape index (κ1) is 14.0. The first-order chi connectivity index (χ1) is 9.65. The molecule has 0 bridgehead atoms. The van der Waals surface area contributed by atoms with Crippen molar-refractivity contribution in [3.8, 4) is 0 Å². The lowest BCUT2D eigenvalue weighted by Crippen LogP contribution is -2.13. The van der Waals surface area contributed by atoms with Gasteiger partial charge in [0.25, 0.3) is 0 Å². The SMILES string of the molecule is CCc1cc(C(=O)OCC(C)=NO)c2ccccc2n1. The molecule has 0 aliphatic rings. The van der Waals surface area contributed by atoms with E-state index in [4.69, 9.17) is 9.94 Å². The van der Waals surface area contributed by atoms with Crippen molar-refractivity contribution in [3.63, 3.8) is 0 Å². The zero-order chi connectivity index (χ0) is 14.5. The Labute approximate surface area is 116 Å². The van der Waals surface area contributed by atoms with Gasteiger partial charge < -0.3 is 9.94 Å². The summed E-state index contributed by atoms with van der Waals surface area (Å²) in [6, 6.07) is 9.19. The molecule has 1 heterocycles. The summed E-state index contributed by atoms with van der Waals surface area (Å²) in [5.74, 6) is -0.443. The molecule has 0 aliphatic carbocycles. The second-order valence-corrected chi connectivity index (χ2v) is 4.44. The third-order valence-corrected chi connectivity index (χ3v) is 2.93. The summed E-state index contributed by atoms with van der Waals surface area (Å²) in [5.41, 5.74) is 2.43. The van der Waals surface area contributed by atoms with Crippen LogP contribution in [-0.4, -0.2) is 28.5 Å². The Bertz CT molecular complexity index is 665. The van der Waals surface area contributed by atoms with Crippen LogP contribution in [-0.2, 0) is 11.2 Å². The molecule has 0 unspecified atom stereocenters. The number of rotatable bonds is 4. The van der Waals surface area contributed by atoms with Crippen LogP contribution in [0, 0.1) is 0 Å². The van der Waals surface area contributed by atoms with Gasteiger partial charge in [-0.15, -0.1) is 0 Å². The van der Waals surface area contributed by atoms with E-state index in [1.807, 2.05) is 31.2 Å². The Balaban J connectivity index is 2.39. The lowest BCUT2D eigenvalue weighted by Gasteiger charge is -2.08. The van der Waals surface area contributed by atoms with Gasteiger partial charge in [0.05, 0.1) is 16.8 Å². The molecular formula is C15H16N2O3. The summed E-state index contributed by atoms with van der Waals surface area (Å²) >= 11 is 0. The van der Waals surface area contributed by atoms with E-state index in [0.29, 0.717) is 11.3 Å². The molecule has 104 valence electrons. The number of benzene rings is 1. The van der Waals surface area contributed by atoms with Crippen molar-refractivity contribution in [2.24, 2.45) is 5.16 Å². The molecule has 0 saturated heterocycles. The number of aromatic nitrogens is 1. The van der Waals surface area contributed by atoms with Crippen LogP contribution in [0.15, 0.2) is 35.5 Å². The number of fused-ring (bicyclic) bond motifs is 1. The molecule has 0 aliphatic heterocycles. The van der Waals surface area contributed by atoms with Crippen molar-refractivity contribution in [1.82, 2.24) is 4.98 Å². The van der Waals surface area contributed by atoms with Gasteiger partial charge in [-0.3, -0.25) is 4.98 Å². The Hall–Kier alpha value is -2.43. The summed E-state index contributed by atoms with van der Waals surface area (Å²) in [6.07, 6.45) is 0.738. The number of para-hydroxylation sites is 1. The van der Waals surface area contributed by atoms with E-state index in [0.717, 1.165) is 23.0 Å². The number of hydrogen-bond acceptors (Lipinski definition) is 5. The zero-order valence-electron chi connectivity index (χ0n) is 11.5. The summed E-state index contributed by atoms with van der Waals surface area (Å²) in [4.78, 5) is 16.6. The van der Waals surface area contributed by atoms with Crippen LogP contribution >= 0.6 is 0 Å². The van der Waals surface area contributed by atoms with Crippen molar-refractivity contribution >= 4 is 22.6 Å². The third kappa shape index (κ3) is 2.93. The number of nitrogens with zero attached hydrogens (tertiary/aromatic N) is 2. The Kier molecular flexibility index (Phi) is 4.30. The van der Waals surface area contributed by atoms with Crippen LogP contribution in [0.3, 0.4) is 0 Å². The molecule has 20 heavy (non-hydrogen) atoms. The summed E-state index contributed by atoms with van der Waals surface area (Å²) in [5, 5.41) is 12.3. The summed E-state index contributed by atoms with van der Waals surface area (Å²) in [7, 11) is 0. The van der Waals surface area contributed by atoms with Crippen LogP contribution in [0.4, 0.5) is 0 Å². The van der Waals surface area contributed by atoms with E-state index in [1.165, 1.54) is 0 Å². The molecule has 0 saturated carbocycles. The van der Waals surface area contributed by atoms with Gasteiger partial charge in [-0.1, -0.05) is 30.3 Å². The number of carbonyl (C=O) groups is 1. The normalized spacial score (nSPS) is 11.6. The molecule has 5 heteroatoms. The second-order valence-electron chi connectivity index (χ2n) is 4.44. The molecule has 1 aromatic heterocycles. The third-order valence-electron chi connectivity index (χ3n) is 2.93. The number of aryl methyl sites for hydroxylation is 1. The minimum atomic E-state index is -0.443. The standard InChI is InChI=1S/C15H16N2O3/c1-3-11-8-13(15(18)20-9-10(2)17-19)12-6-4-5-7-14(12)16-11/h4-8,19H,3,9H2,1-2H3. The van der Waals surface area contributed by atoms with Crippen LogP contribution < -0.4 is 0 Å². The van der Waals surface area contributed by atoms with Crippen molar-refractivity contribution < 1.29 is 14.7 Å². The molecule has 0 spiro atoms. The quantitative estimate of drug-likeness (QED) is 0.402. The Morgan fingerprint density at radius 2 is 2.15 bits per heavy atom. The lowest BCUT2D eigenvalue weighted by molar-refractivity contribution is 0.0563. The van der Waals surface area contributed by atoms with Crippen molar-refractivity contribution in [3.05, 3.63) is 41.6 Å². The van der Waals surface area contributed by atoms with E-state index >= 15 is 0 Å². The number of oxime groups is 1. The second kappa shape index (κ2) is 6.14. The van der Waals surface area contributed by atoms with Crippen molar-refractivity contribution in [2.45, 2.75) is 20.3 Å². The topological polar surface area (TPSA) is 71.8 Å². The average Bonchev–Trinajstić information content (AvgIpc) is 2.50. The number of ether oxygens (including phenoxy) is 1. The highest BCUT2D eigenvalue weighted by atomic mass is 16.5. The first-order valence-corrected chi connectivity index (χ1v) is 6.39. The molecular weight excluding hydrogens is 256 g/mol. The fourth-order valence-electron chi connectivity index (χ4n) is 1.86. The van der Waals surface area contributed by atoms with Gasteiger partial charge >= 0.3 is 5.97 Å². The maximum atomic E-state index is 12.2. The number of esters is 1. The van der Waals surface area contributed by atoms with Crippen LogP contribution in [0.5, 0.6) is 0 Å². The fourth-order valence-corrected chi connectivity index (χ4v) is 1.86. The summed E-state index contributed by atoms with van der Waals surface area (Å²) < 4.78 is 5.13. The number of pyridine rings is 1. The molecule has 2 aromatic rings. The zero-order valence-corrected chi connectivity index (χ0v) is 11.5. The van der Waals surface area contributed by atoms with Gasteiger partial charge in [-0.05, 0) is 25.5 Å². The smallest absolute Gasteiger partial charge is 0.339 e. The predicted octanol–water partition coefficient (Wildman–Crippen LogP) is 2.80. The largest absolute Gasteiger partial charge is 0.456 e. The van der Waals surface area contributed by atoms with Gasteiger partial charge in [0.2, 0.25) is 0 Å². The van der Waals surface area contributed by atoms with Gasteiger partial charge in [-0.2, -0.15) is 0 Å². The van der Waals surface area contributed by atoms with Crippen LogP contribution in [0.1, 0.15) is 29.9 Å². The Morgan fingerprint density at radius 1 is 1.40 bits per heavy atom. The van der Waals surface area contributed by atoms with E-state index in [1.54, 1.807) is 13.0 Å². The van der Waals surface area contributed by atoms with Crippen molar-refractivity contribution in [2.75, 3.05) is 6.61 Å². The van der Waals surface area contributed by atoms with Crippen LogP contribution in [0.25, 0.3) is 10.9 Å². The molecule has 1 N–H and O–H groups in total. The Morgan fingerprint density at radius 3 is 2.85 bits per heavy atom. The van der Waals surface area contributed by atoms with Gasteiger partial charge in [0, 0.05) is 11.1 Å². The van der Waals surface area contributed by atoms with E-state index < -0.39 is 5.97 Å². The highest BCUT2D eigenvalue weighted by Gasteiger charge is 2.14. The molecule has 0 amide bonds. The first-order valence-electron chi connectivity index (χ1n) is 6.39. The van der Waals surface area contributed by atoms with E-state index in [9.17, 15) is 4.79 Å². The fraction of sp³-hybridized carbons (Fsp3) is 0.267. The molecule has 1 aromatic carbocycles. The van der Waals surface area contributed by atoms with Gasteiger partial charge in [0.15, 0.2) is 0 Å². The minimum Gasteiger partial charge on any atom is -0.456 e. The lowest BCUT2D eigenvalue weighted by atomic mass is 10.1. The van der Waals surface area contributed by atoms with Crippen LogP contribution in [0.2, 0.25) is 0 Å².